The number of fused-ring (bicyclic) bond motifs is 1. The van der Waals surface area contributed by atoms with Crippen molar-refractivity contribution in [2.75, 3.05) is 49.8 Å². The number of oxime groups is 1. The van der Waals surface area contributed by atoms with E-state index in [0.717, 1.165) is 16.2 Å². The number of rotatable bonds is 12. The first-order chi connectivity index (χ1) is 18.8. The van der Waals surface area contributed by atoms with Crippen molar-refractivity contribution in [1.82, 2.24) is 20.2 Å². The van der Waals surface area contributed by atoms with Crippen molar-refractivity contribution in [2.24, 2.45) is 5.16 Å². The summed E-state index contributed by atoms with van der Waals surface area (Å²) in [7, 11) is 1.26. The molecule has 1 unspecified atom stereocenters. The van der Waals surface area contributed by atoms with Crippen molar-refractivity contribution in [2.45, 2.75) is 18.0 Å². The number of amides is 2. The molecule has 0 aromatic carbocycles. The van der Waals surface area contributed by atoms with E-state index >= 15 is 0 Å². The zero-order valence-corrected chi connectivity index (χ0v) is 22.4. The maximum Gasteiger partial charge on any atom is 0.276 e. The van der Waals surface area contributed by atoms with Gasteiger partial charge in [0.15, 0.2) is 29.4 Å². The number of aliphatic carboxylic acids is 1. The quantitative estimate of drug-likeness (QED) is 0.0843. The second kappa shape index (κ2) is 12.4. The van der Waals surface area contributed by atoms with Gasteiger partial charge in [-0.2, -0.15) is 4.57 Å². The molecule has 2 amide bonds. The van der Waals surface area contributed by atoms with Crippen LogP contribution < -0.4 is 25.6 Å². The van der Waals surface area contributed by atoms with Crippen LogP contribution in [0.25, 0.3) is 0 Å². The van der Waals surface area contributed by atoms with Gasteiger partial charge in [-0.25, -0.2) is 9.97 Å². The monoisotopic (exact) mass is 578 g/mol. The van der Waals surface area contributed by atoms with Crippen LogP contribution in [0.2, 0.25) is 0 Å². The first-order valence-corrected chi connectivity index (χ1v) is 13.5. The van der Waals surface area contributed by atoms with Crippen molar-refractivity contribution in [3.8, 4) is 0 Å². The van der Waals surface area contributed by atoms with Gasteiger partial charge < -0.3 is 40.9 Å². The third-order valence-electron chi connectivity index (χ3n) is 5.87. The molecule has 208 valence electrons. The van der Waals surface area contributed by atoms with Crippen LogP contribution in [0.15, 0.2) is 40.4 Å². The van der Waals surface area contributed by atoms with Crippen LogP contribution in [0.1, 0.15) is 5.69 Å². The summed E-state index contributed by atoms with van der Waals surface area (Å²) in [5, 5.41) is 38.1. The summed E-state index contributed by atoms with van der Waals surface area (Å²) < 4.78 is 1.69. The van der Waals surface area contributed by atoms with Crippen molar-refractivity contribution in [3.63, 3.8) is 0 Å². The number of carbonyl (C=O) groups is 3. The molecule has 1 fully saturated rings. The highest BCUT2D eigenvalue weighted by Crippen LogP contribution is 2.40. The fourth-order valence-electron chi connectivity index (χ4n) is 4.18. The topological polar surface area (TPSA) is 211 Å². The number of hydrogen-bond acceptors (Lipinski definition) is 14. The van der Waals surface area contributed by atoms with E-state index in [4.69, 9.17) is 10.6 Å². The summed E-state index contributed by atoms with van der Waals surface area (Å²) >= 11 is 2.40. The maximum absolute atomic E-state index is 13.0. The molecular formula is C22H26N8O7S2. The van der Waals surface area contributed by atoms with Crippen molar-refractivity contribution in [1.29, 1.82) is 0 Å². The van der Waals surface area contributed by atoms with E-state index in [1.165, 1.54) is 30.4 Å². The fraction of sp³-hybridized carbons (Fsp3) is 0.409. The number of carboxylic acids is 1. The fourth-order valence-corrected chi connectivity index (χ4v) is 6.06. The number of aliphatic hydroxyl groups is 2. The molecule has 2 aliphatic rings. The first-order valence-electron chi connectivity index (χ1n) is 11.6. The van der Waals surface area contributed by atoms with Crippen LogP contribution in [0, 0.1) is 0 Å². The molecule has 4 rings (SSSR count). The van der Waals surface area contributed by atoms with E-state index in [1.54, 1.807) is 21.9 Å². The van der Waals surface area contributed by atoms with E-state index in [-0.39, 0.29) is 60.8 Å². The largest absolute Gasteiger partial charge is 0.543 e. The zero-order chi connectivity index (χ0) is 28.1. The van der Waals surface area contributed by atoms with Crippen LogP contribution in [0.5, 0.6) is 0 Å². The molecule has 0 spiro atoms. The second-order valence-electron chi connectivity index (χ2n) is 8.32. The summed E-state index contributed by atoms with van der Waals surface area (Å²) in [6.07, 6.45) is 4.81. The Bertz CT molecular complexity index is 1310. The Labute approximate surface area is 230 Å². The van der Waals surface area contributed by atoms with Crippen molar-refractivity contribution >= 4 is 57.5 Å². The molecule has 0 aliphatic carbocycles. The molecule has 0 bridgehead atoms. The number of anilines is 2. The third kappa shape index (κ3) is 5.95. The van der Waals surface area contributed by atoms with Crippen LogP contribution >= 0.6 is 23.1 Å². The molecular weight excluding hydrogens is 552 g/mol. The number of aromatic nitrogens is 3. The van der Waals surface area contributed by atoms with E-state index < -0.39 is 29.2 Å². The zero-order valence-electron chi connectivity index (χ0n) is 20.7. The Morgan fingerprint density at radius 2 is 2.13 bits per heavy atom. The van der Waals surface area contributed by atoms with Gasteiger partial charge in [-0.15, -0.1) is 23.1 Å². The predicted octanol–water partition coefficient (Wildman–Crippen LogP) is -3.35. The van der Waals surface area contributed by atoms with Crippen LogP contribution in [-0.4, -0.2) is 99.2 Å². The van der Waals surface area contributed by atoms with Crippen LogP contribution in [-0.2, 0) is 25.8 Å². The van der Waals surface area contributed by atoms with Crippen molar-refractivity contribution < 1.29 is 39.1 Å². The number of aliphatic hydroxyl groups excluding tert-OH is 2. The Kier molecular flexibility index (Phi) is 8.95. The standard InChI is InChI=1S/C22H26N8O7S2/c1-37-27-15(13-11-39-22(23)25-13)18(33)26-16-19(34)30-17(21(35)36)12(10-38-20(16)30)8-28-3-2-24-14(9-28)29(4-6-31)5-7-32/h2-3,9,11,16,20,31-32H,4-8,10H2,1H3,(H3-,23,25,26,33,35,36)/t16?,20-/m0/s1. The highest BCUT2D eigenvalue weighted by Gasteiger charge is 2.53. The number of carboxylic acid groups (broad SMARTS) is 1. The number of carbonyl (C=O) groups excluding carboxylic acids is 3. The molecule has 2 aliphatic heterocycles. The summed E-state index contributed by atoms with van der Waals surface area (Å²) in [5.41, 5.74) is 5.84. The molecule has 4 heterocycles. The summed E-state index contributed by atoms with van der Waals surface area (Å²) in [6.45, 7) is 0.357. The summed E-state index contributed by atoms with van der Waals surface area (Å²) in [5.74, 6) is -2.10. The van der Waals surface area contributed by atoms with E-state index in [0.29, 0.717) is 11.4 Å². The number of nitrogens with zero attached hydrogens (tertiary/aromatic N) is 6. The lowest BCUT2D eigenvalue weighted by Gasteiger charge is -2.50. The minimum atomic E-state index is -1.51. The molecule has 15 nitrogen and oxygen atoms in total. The van der Waals surface area contributed by atoms with Crippen LogP contribution in [0.4, 0.5) is 10.9 Å². The Morgan fingerprint density at radius 1 is 1.38 bits per heavy atom. The van der Waals surface area contributed by atoms with Gasteiger partial charge in [0.1, 0.15) is 24.2 Å². The Hall–Kier alpha value is -3.80. The van der Waals surface area contributed by atoms with Gasteiger partial charge in [0, 0.05) is 29.8 Å². The molecule has 1 saturated heterocycles. The van der Waals surface area contributed by atoms with E-state index in [1.807, 2.05) is 0 Å². The number of nitrogens with one attached hydrogen (secondary N) is 1. The average Bonchev–Trinajstić information content (AvgIpc) is 3.35. The highest BCUT2D eigenvalue weighted by molar-refractivity contribution is 8.00. The SMILES string of the molecule is CON=C(C(=O)NC1C(=O)N2C(C(=O)[O-])=C(C[n+]3ccnc(N(CCO)CCO)c3)CS[C@@H]12)c1csc(N)n1. The smallest absolute Gasteiger partial charge is 0.276 e. The van der Waals surface area contributed by atoms with Gasteiger partial charge in [-0.3, -0.25) is 14.5 Å². The van der Waals surface area contributed by atoms with Gasteiger partial charge in [-0.1, -0.05) is 5.16 Å². The lowest BCUT2D eigenvalue weighted by Crippen LogP contribution is -2.71. The molecule has 5 N–H and O–H groups in total. The summed E-state index contributed by atoms with van der Waals surface area (Å²) in [6, 6.07) is -0.998. The minimum Gasteiger partial charge on any atom is -0.543 e. The number of nitrogens with two attached hydrogens (primary N) is 1. The minimum absolute atomic E-state index is 0.126. The molecule has 2 aromatic heterocycles. The molecule has 39 heavy (non-hydrogen) atoms. The predicted molar refractivity (Wildman–Crippen MR) is 138 cm³/mol. The van der Waals surface area contributed by atoms with Crippen LogP contribution in [0.3, 0.4) is 0 Å². The first kappa shape index (κ1) is 28.2. The van der Waals surface area contributed by atoms with Gasteiger partial charge in [0.2, 0.25) is 6.20 Å². The molecule has 2 aromatic rings. The number of thiazole rings is 1. The van der Waals surface area contributed by atoms with Gasteiger partial charge in [0.25, 0.3) is 11.8 Å². The van der Waals surface area contributed by atoms with Gasteiger partial charge in [0.05, 0.1) is 31.1 Å². The average molecular weight is 579 g/mol. The van der Waals surface area contributed by atoms with E-state index in [2.05, 4.69) is 20.4 Å². The van der Waals surface area contributed by atoms with Crippen molar-refractivity contribution in [3.05, 3.63) is 40.9 Å². The molecule has 2 atom stereocenters. The third-order valence-corrected chi connectivity index (χ3v) is 7.89. The molecule has 17 heteroatoms. The second-order valence-corrected chi connectivity index (χ2v) is 10.3. The maximum atomic E-state index is 13.0. The summed E-state index contributed by atoms with van der Waals surface area (Å²) in [4.78, 5) is 53.9. The number of thioether (sulfide) groups is 1. The number of hydrogen-bond donors (Lipinski definition) is 4. The lowest BCUT2D eigenvalue weighted by molar-refractivity contribution is -0.688. The number of β-lactam (4-membered cyclic amide) rings is 1. The van der Waals surface area contributed by atoms with E-state index in [9.17, 15) is 29.7 Å². The Morgan fingerprint density at radius 3 is 2.74 bits per heavy atom. The number of nitrogen functional groups attached to an aromatic ring is 1. The molecule has 0 saturated carbocycles. The lowest BCUT2D eigenvalue weighted by atomic mass is 10.0. The molecule has 0 radical (unpaired) electrons. The normalized spacial score (nSPS) is 18.9. The highest BCUT2D eigenvalue weighted by atomic mass is 32.2. The van der Waals surface area contributed by atoms with Gasteiger partial charge in [-0.05, 0) is 0 Å². The van der Waals surface area contributed by atoms with Gasteiger partial charge >= 0.3 is 0 Å². The Balaban J connectivity index is 1.52.